The number of halogens is 4. The van der Waals surface area contributed by atoms with Gasteiger partial charge in [0.05, 0.1) is 5.56 Å². The first-order chi connectivity index (χ1) is 8.50. The summed E-state index contributed by atoms with van der Waals surface area (Å²) in [5.41, 5.74) is -1.16. The Morgan fingerprint density at radius 1 is 1.05 bits per heavy atom. The van der Waals surface area contributed by atoms with Crippen molar-refractivity contribution in [3.05, 3.63) is 47.0 Å². The third-order valence-electron chi connectivity index (χ3n) is 2.85. The molecule has 0 aliphatic rings. The van der Waals surface area contributed by atoms with Crippen LogP contribution in [0.2, 0.25) is 0 Å². The fourth-order valence-corrected chi connectivity index (χ4v) is 1.70. The lowest BCUT2D eigenvalue weighted by Gasteiger charge is -2.19. The van der Waals surface area contributed by atoms with Gasteiger partial charge in [0.25, 0.3) is 0 Å². The maximum Gasteiger partial charge on any atom is 0.416 e. The minimum Gasteiger partial charge on any atom is -0.239 e. The number of hydrogen-bond donors (Lipinski definition) is 0. The first kappa shape index (κ1) is 15.7. The van der Waals surface area contributed by atoms with Gasteiger partial charge in [-0.1, -0.05) is 11.6 Å². The standard InChI is InChI=1S/C15H18F4/c1-10(2)5-6-11-7-12(14(3,4)16)9-13(8-11)15(17,18)19/h7-9H,1,5-6H2,2-4H3. The normalized spacial score (nSPS) is 12.6. The Morgan fingerprint density at radius 2 is 1.58 bits per heavy atom. The van der Waals surface area contributed by atoms with Crippen molar-refractivity contribution in [1.29, 1.82) is 0 Å². The second kappa shape index (κ2) is 5.35. The summed E-state index contributed by atoms with van der Waals surface area (Å²) in [6.07, 6.45) is -3.44. The molecule has 0 unspecified atom stereocenters. The molecule has 0 radical (unpaired) electrons. The summed E-state index contributed by atoms with van der Waals surface area (Å²) < 4.78 is 52.3. The van der Waals surface area contributed by atoms with Gasteiger partial charge in [-0.25, -0.2) is 4.39 Å². The molecule has 0 aliphatic heterocycles. The molecule has 0 fully saturated rings. The van der Waals surface area contributed by atoms with Crippen LogP contribution in [0.3, 0.4) is 0 Å². The van der Waals surface area contributed by atoms with Crippen molar-refractivity contribution in [1.82, 2.24) is 0 Å². The van der Waals surface area contributed by atoms with Gasteiger partial charge in [-0.15, -0.1) is 6.58 Å². The number of benzene rings is 1. The van der Waals surface area contributed by atoms with E-state index in [1.54, 1.807) is 0 Å². The molecule has 0 nitrogen and oxygen atoms in total. The lowest BCUT2D eigenvalue weighted by atomic mass is 9.93. The second-order valence-electron chi connectivity index (χ2n) is 5.35. The smallest absolute Gasteiger partial charge is 0.239 e. The van der Waals surface area contributed by atoms with Crippen molar-refractivity contribution in [2.24, 2.45) is 0 Å². The van der Waals surface area contributed by atoms with Gasteiger partial charge in [0.15, 0.2) is 0 Å². The quantitative estimate of drug-likeness (QED) is 0.508. The lowest BCUT2D eigenvalue weighted by molar-refractivity contribution is -0.137. The summed E-state index contributed by atoms with van der Waals surface area (Å²) >= 11 is 0. The molecule has 1 aromatic carbocycles. The number of hydrogen-bond acceptors (Lipinski definition) is 0. The third-order valence-corrected chi connectivity index (χ3v) is 2.85. The topological polar surface area (TPSA) is 0 Å². The third kappa shape index (κ3) is 4.69. The van der Waals surface area contributed by atoms with Crippen LogP contribution in [-0.4, -0.2) is 0 Å². The Morgan fingerprint density at radius 3 is 2.00 bits per heavy atom. The highest BCUT2D eigenvalue weighted by atomic mass is 19.4. The van der Waals surface area contributed by atoms with Crippen LogP contribution in [-0.2, 0) is 18.3 Å². The van der Waals surface area contributed by atoms with Crippen LogP contribution in [0.25, 0.3) is 0 Å². The molecule has 19 heavy (non-hydrogen) atoms. The van der Waals surface area contributed by atoms with Gasteiger partial charge in [0.1, 0.15) is 5.67 Å². The molecular formula is C15H18F4. The van der Waals surface area contributed by atoms with Gasteiger partial charge in [-0.2, -0.15) is 13.2 Å². The molecule has 1 aromatic rings. The Kier molecular flexibility index (Phi) is 4.43. The average Bonchev–Trinajstić information content (AvgIpc) is 2.23. The van der Waals surface area contributed by atoms with Crippen molar-refractivity contribution >= 4 is 0 Å². The van der Waals surface area contributed by atoms with Crippen molar-refractivity contribution in [2.75, 3.05) is 0 Å². The van der Waals surface area contributed by atoms with Crippen LogP contribution in [0.1, 0.15) is 43.9 Å². The van der Waals surface area contributed by atoms with E-state index in [2.05, 4.69) is 6.58 Å². The number of allylic oxidation sites excluding steroid dienone is 1. The molecule has 0 amide bonds. The maximum absolute atomic E-state index is 13.9. The monoisotopic (exact) mass is 274 g/mol. The summed E-state index contributed by atoms with van der Waals surface area (Å²) in [6.45, 7) is 8.04. The summed E-state index contributed by atoms with van der Waals surface area (Å²) in [7, 11) is 0. The Hall–Kier alpha value is -1.32. The molecule has 0 saturated heterocycles. The first-order valence-corrected chi connectivity index (χ1v) is 6.05. The van der Waals surface area contributed by atoms with Crippen LogP contribution in [0.4, 0.5) is 17.6 Å². The van der Waals surface area contributed by atoms with Crippen molar-refractivity contribution in [3.63, 3.8) is 0 Å². The molecule has 1 rings (SSSR count). The molecule has 106 valence electrons. The predicted octanol–water partition coefficient (Wildman–Crippen LogP) is 5.42. The zero-order chi connectivity index (χ0) is 14.8. The zero-order valence-corrected chi connectivity index (χ0v) is 11.4. The van der Waals surface area contributed by atoms with Gasteiger partial charge < -0.3 is 0 Å². The van der Waals surface area contributed by atoms with E-state index < -0.39 is 17.4 Å². The molecule has 0 atom stereocenters. The molecule has 0 aliphatic carbocycles. The second-order valence-corrected chi connectivity index (χ2v) is 5.35. The van der Waals surface area contributed by atoms with E-state index >= 15 is 0 Å². The van der Waals surface area contributed by atoms with Crippen LogP contribution < -0.4 is 0 Å². The van der Waals surface area contributed by atoms with Crippen LogP contribution >= 0.6 is 0 Å². The predicted molar refractivity (Wildman–Crippen MR) is 68.7 cm³/mol. The van der Waals surface area contributed by atoms with Gasteiger partial charge in [0, 0.05) is 0 Å². The summed E-state index contributed by atoms with van der Waals surface area (Å²) in [6, 6.07) is 3.46. The molecule has 0 aromatic heterocycles. The summed E-state index contributed by atoms with van der Waals surface area (Å²) in [4.78, 5) is 0. The maximum atomic E-state index is 13.9. The molecular weight excluding hydrogens is 256 g/mol. The van der Waals surface area contributed by atoms with Crippen molar-refractivity contribution in [3.8, 4) is 0 Å². The average molecular weight is 274 g/mol. The SMILES string of the molecule is C=C(C)CCc1cc(C(C)(C)F)cc(C(F)(F)F)c1. The van der Waals surface area contributed by atoms with E-state index in [-0.39, 0.29) is 5.56 Å². The van der Waals surface area contributed by atoms with E-state index in [4.69, 9.17) is 0 Å². The summed E-state index contributed by atoms with van der Waals surface area (Å²) in [5, 5.41) is 0. The van der Waals surface area contributed by atoms with Gasteiger partial charge >= 0.3 is 6.18 Å². The molecule has 0 bridgehead atoms. The van der Waals surface area contributed by atoms with E-state index in [9.17, 15) is 17.6 Å². The van der Waals surface area contributed by atoms with Crippen molar-refractivity contribution in [2.45, 2.75) is 45.5 Å². The lowest BCUT2D eigenvalue weighted by Crippen LogP contribution is -2.13. The van der Waals surface area contributed by atoms with E-state index in [1.165, 1.54) is 19.9 Å². The Labute approximate surface area is 111 Å². The zero-order valence-electron chi connectivity index (χ0n) is 11.4. The largest absolute Gasteiger partial charge is 0.416 e. The van der Waals surface area contributed by atoms with Gasteiger partial charge in [-0.05, 0) is 56.9 Å². The highest BCUT2D eigenvalue weighted by Crippen LogP contribution is 2.34. The Balaban J connectivity index is 3.21. The van der Waals surface area contributed by atoms with Gasteiger partial charge in [0.2, 0.25) is 0 Å². The molecule has 0 heterocycles. The van der Waals surface area contributed by atoms with Crippen LogP contribution in [0.5, 0.6) is 0 Å². The minimum atomic E-state index is -4.46. The fraction of sp³-hybridized carbons (Fsp3) is 0.467. The molecule has 0 saturated carbocycles. The number of rotatable bonds is 4. The minimum absolute atomic E-state index is 0.0547. The van der Waals surface area contributed by atoms with E-state index in [0.717, 1.165) is 17.7 Å². The molecule has 0 spiro atoms. The van der Waals surface area contributed by atoms with E-state index in [0.29, 0.717) is 18.4 Å². The van der Waals surface area contributed by atoms with Gasteiger partial charge in [-0.3, -0.25) is 0 Å². The first-order valence-electron chi connectivity index (χ1n) is 6.05. The highest BCUT2D eigenvalue weighted by molar-refractivity contribution is 5.35. The summed E-state index contributed by atoms with van der Waals surface area (Å²) in [5.74, 6) is 0. The Bertz CT molecular complexity index is 432. The number of alkyl halides is 4. The molecule has 4 heteroatoms. The highest BCUT2D eigenvalue weighted by Gasteiger charge is 2.33. The molecule has 0 N–H and O–H groups in total. The van der Waals surface area contributed by atoms with Crippen LogP contribution in [0.15, 0.2) is 30.4 Å². The number of aryl methyl sites for hydroxylation is 1. The van der Waals surface area contributed by atoms with Crippen molar-refractivity contribution < 1.29 is 17.6 Å². The fourth-order valence-electron chi connectivity index (χ4n) is 1.70. The van der Waals surface area contributed by atoms with Crippen LogP contribution in [0, 0.1) is 0 Å². The van der Waals surface area contributed by atoms with E-state index in [1.807, 2.05) is 6.92 Å².